The molecule has 0 atom stereocenters. The first-order valence-electron chi connectivity index (χ1n) is 7.12. The van der Waals surface area contributed by atoms with Gasteiger partial charge < -0.3 is 4.57 Å². The maximum atomic E-state index is 12.6. The third kappa shape index (κ3) is 2.91. The van der Waals surface area contributed by atoms with E-state index in [1.807, 2.05) is 14.0 Å². The quantitative estimate of drug-likeness (QED) is 0.841. The van der Waals surface area contributed by atoms with Gasteiger partial charge in [0.25, 0.3) is 10.0 Å². The number of sulfonamides is 1. The van der Waals surface area contributed by atoms with Crippen molar-refractivity contribution in [2.24, 2.45) is 18.4 Å². The second kappa shape index (κ2) is 5.15. The Morgan fingerprint density at radius 2 is 1.80 bits per heavy atom. The Labute approximate surface area is 122 Å². The van der Waals surface area contributed by atoms with E-state index in [-0.39, 0.29) is 10.4 Å². The molecule has 0 saturated carbocycles. The maximum absolute atomic E-state index is 12.6. The molecule has 0 amide bonds. The zero-order chi connectivity index (χ0) is 15.1. The zero-order valence-electron chi connectivity index (χ0n) is 13.0. The van der Waals surface area contributed by atoms with Crippen molar-refractivity contribution < 1.29 is 8.42 Å². The number of aromatic nitrogens is 2. The predicted octanol–water partition coefficient (Wildman–Crippen LogP) is 2.18. The van der Waals surface area contributed by atoms with Crippen molar-refractivity contribution in [1.29, 1.82) is 0 Å². The zero-order valence-corrected chi connectivity index (χ0v) is 13.9. The number of aryl methyl sites for hydroxylation is 2. The van der Waals surface area contributed by atoms with E-state index in [4.69, 9.17) is 0 Å². The highest BCUT2D eigenvalue weighted by atomic mass is 32.2. The fraction of sp³-hybridized carbons (Fsp3) is 0.786. The summed E-state index contributed by atoms with van der Waals surface area (Å²) >= 11 is 0. The van der Waals surface area contributed by atoms with Crippen LogP contribution >= 0.6 is 0 Å². The molecule has 1 aromatic heterocycles. The van der Waals surface area contributed by atoms with Crippen LogP contribution in [0, 0.1) is 18.3 Å². The van der Waals surface area contributed by atoms with Crippen molar-refractivity contribution in [3.05, 3.63) is 12.0 Å². The Kier molecular flexibility index (Phi) is 3.99. The van der Waals surface area contributed by atoms with Crippen molar-refractivity contribution in [3.63, 3.8) is 0 Å². The molecule has 114 valence electrons. The molecule has 1 aliphatic heterocycles. The third-order valence-electron chi connectivity index (χ3n) is 4.37. The van der Waals surface area contributed by atoms with Gasteiger partial charge in [-0.25, -0.2) is 13.4 Å². The number of rotatable bonds is 2. The summed E-state index contributed by atoms with van der Waals surface area (Å²) in [5.74, 6) is 1.30. The molecule has 0 bridgehead atoms. The van der Waals surface area contributed by atoms with Gasteiger partial charge in [-0.15, -0.1) is 0 Å². The molecule has 0 N–H and O–H groups in total. The molecule has 1 aliphatic rings. The highest BCUT2D eigenvalue weighted by Crippen LogP contribution is 2.35. The first-order valence-corrected chi connectivity index (χ1v) is 8.56. The van der Waals surface area contributed by atoms with E-state index in [1.165, 1.54) is 0 Å². The van der Waals surface area contributed by atoms with E-state index in [0.29, 0.717) is 24.8 Å². The molecule has 1 fully saturated rings. The minimum atomic E-state index is -3.43. The summed E-state index contributed by atoms with van der Waals surface area (Å²) in [4.78, 5) is 4.16. The predicted molar refractivity (Wildman–Crippen MR) is 78.9 cm³/mol. The van der Waals surface area contributed by atoms with Crippen molar-refractivity contribution in [2.75, 3.05) is 13.1 Å². The van der Waals surface area contributed by atoms with Crippen LogP contribution in [-0.4, -0.2) is 35.4 Å². The van der Waals surface area contributed by atoms with E-state index in [0.717, 1.165) is 12.8 Å². The van der Waals surface area contributed by atoms with Gasteiger partial charge in [0, 0.05) is 26.3 Å². The van der Waals surface area contributed by atoms with Gasteiger partial charge in [-0.1, -0.05) is 20.8 Å². The molecule has 1 aromatic rings. The maximum Gasteiger partial charge on any atom is 0.262 e. The first kappa shape index (κ1) is 15.5. The minimum absolute atomic E-state index is 0.173. The summed E-state index contributed by atoms with van der Waals surface area (Å²) in [7, 11) is -1.62. The van der Waals surface area contributed by atoms with Gasteiger partial charge in [-0.2, -0.15) is 4.31 Å². The second-order valence-electron chi connectivity index (χ2n) is 6.78. The highest BCUT2D eigenvalue weighted by Gasteiger charge is 2.34. The van der Waals surface area contributed by atoms with Crippen molar-refractivity contribution in [2.45, 2.75) is 45.6 Å². The Morgan fingerprint density at radius 3 is 2.20 bits per heavy atom. The number of imidazole rings is 1. The van der Waals surface area contributed by atoms with Crippen molar-refractivity contribution >= 4 is 10.0 Å². The number of hydrogen-bond acceptors (Lipinski definition) is 3. The van der Waals surface area contributed by atoms with Gasteiger partial charge in [0.2, 0.25) is 0 Å². The van der Waals surface area contributed by atoms with Crippen molar-refractivity contribution in [3.8, 4) is 0 Å². The average Bonchev–Trinajstić information content (AvgIpc) is 2.69. The second-order valence-corrected chi connectivity index (χ2v) is 8.67. The van der Waals surface area contributed by atoms with Crippen LogP contribution in [0.3, 0.4) is 0 Å². The smallest absolute Gasteiger partial charge is 0.262 e. The Balaban J connectivity index is 2.13. The largest absolute Gasteiger partial charge is 0.337 e. The summed E-state index contributed by atoms with van der Waals surface area (Å²) < 4.78 is 28.4. The first-order chi connectivity index (χ1) is 9.12. The van der Waals surface area contributed by atoms with Crippen molar-refractivity contribution in [1.82, 2.24) is 13.9 Å². The standard InChI is InChI=1S/C14H25N3O2S/c1-11-15-13(10-16(11)5)20(18,19)17-8-6-12(7-9-17)14(2,3)4/h10,12H,6-9H2,1-5H3. The molecule has 20 heavy (non-hydrogen) atoms. The Bertz CT molecular complexity index is 557. The van der Waals surface area contributed by atoms with Gasteiger partial charge >= 0.3 is 0 Å². The molecule has 5 nitrogen and oxygen atoms in total. The van der Waals surface area contributed by atoms with Gasteiger partial charge in [0.15, 0.2) is 5.03 Å². The summed E-state index contributed by atoms with van der Waals surface area (Å²) in [5.41, 5.74) is 0.247. The molecule has 2 heterocycles. The summed E-state index contributed by atoms with van der Waals surface area (Å²) in [6.07, 6.45) is 3.45. The van der Waals surface area contributed by atoms with Crippen LogP contribution in [0.1, 0.15) is 39.4 Å². The summed E-state index contributed by atoms with van der Waals surface area (Å²) in [6.45, 7) is 9.68. The summed E-state index contributed by atoms with van der Waals surface area (Å²) in [6, 6.07) is 0. The molecule has 0 aromatic carbocycles. The lowest BCUT2D eigenvalue weighted by Gasteiger charge is -2.37. The third-order valence-corrected chi connectivity index (χ3v) is 6.14. The lowest BCUT2D eigenvalue weighted by molar-refractivity contribution is 0.154. The van der Waals surface area contributed by atoms with Gasteiger partial charge in [0.05, 0.1) is 0 Å². The molecular weight excluding hydrogens is 274 g/mol. The summed E-state index contributed by atoms with van der Waals surface area (Å²) in [5, 5.41) is 0.173. The average molecular weight is 299 g/mol. The van der Waals surface area contributed by atoms with Gasteiger partial charge in [0.1, 0.15) is 5.82 Å². The van der Waals surface area contributed by atoms with Crippen LogP contribution in [-0.2, 0) is 17.1 Å². The van der Waals surface area contributed by atoms with E-state index in [1.54, 1.807) is 15.1 Å². The highest BCUT2D eigenvalue weighted by molar-refractivity contribution is 7.89. The number of nitrogens with zero attached hydrogens (tertiary/aromatic N) is 3. The minimum Gasteiger partial charge on any atom is -0.337 e. The fourth-order valence-electron chi connectivity index (χ4n) is 2.75. The Morgan fingerprint density at radius 1 is 1.25 bits per heavy atom. The topological polar surface area (TPSA) is 55.2 Å². The van der Waals surface area contributed by atoms with Crippen LogP contribution in [0.2, 0.25) is 0 Å². The van der Waals surface area contributed by atoms with E-state index < -0.39 is 10.0 Å². The fourth-order valence-corrected chi connectivity index (χ4v) is 4.24. The van der Waals surface area contributed by atoms with E-state index >= 15 is 0 Å². The lowest BCUT2D eigenvalue weighted by atomic mass is 9.76. The SMILES string of the molecule is Cc1nc(S(=O)(=O)N2CCC(C(C)(C)C)CC2)cn1C. The molecule has 2 rings (SSSR count). The molecule has 0 radical (unpaired) electrons. The van der Waals surface area contributed by atoms with Crippen LogP contribution in [0.15, 0.2) is 11.2 Å². The lowest BCUT2D eigenvalue weighted by Crippen LogP contribution is -2.41. The molecule has 0 unspecified atom stereocenters. The van der Waals surface area contributed by atoms with Crippen LogP contribution in [0.4, 0.5) is 0 Å². The van der Waals surface area contributed by atoms with Crippen LogP contribution in [0.25, 0.3) is 0 Å². The van der Waals surface area contributed by atoms with E-state index in [9.17, 15) is 8.42 Å². The van der Waals surface area contributed by atoms with Crippen LogP contribution < -0.4 is 0 Å². The van der Waals surface area contributed by atoms with Gasteiger partial charge in [-0.05, 0) is 31.1 Å². The Hall–Kier alpha value is -0.880. The molecule has 6 heteroatoms. The molecule has 0 spiro atoms. The number of hydrogen-bond donors (Lipinski definition) is 0. The van der Waals surface area contributed by atoms with Crippen LogP contribution in [0.5, 0.6) is 0 Å². The normalized spacial score (nSPS) is 19.4. The van der Waals surface area contributed by atoms with E-state index in [2.05, 4.69) is 25.8 Å². The molecule has 1 saturated heterocycles. The molecule has 0 aliphatic carbocycles. The number of piperidine rings is 1. The van der Waals surface area contributed by atoms with Gasteiger partial charge in [-0.3, -0.25) is 0 Å². The molecular formula is C14H25N3O2S. The monoisotopic (exact) mass is 299 g/mol.